The molecule has 6 heteroatoms. The molecule has 0 spiro atoms. The molecule has 0 saturated carbocycles. The van der Waals surface area contributed by atoms with Crippen molar-refractivity contribution >= 4 is 13.5 Å². The Morgan fingerprint density at radius 2 is 2.15 bits per heavy atom. The Morgan fingerprint density at radius 1 is 1.77 bits per heavy atom. The molecule has 0 aliphatic rings. The van der Waals surface area contributed by atoms with E-state index >= 15 is 0 Å². The van der Waals surface area contributed by atoms with Gasteiger partial charge >= 0.3 is 7.60 Å². The van der Waals surface area contributed by atoms with E-state index in [4.69, 9.17) is 4.89 Å². The van der Waals surface area contributed by atoms with Crippen LogP contribution in [0, 0.1) is 0 Å². The van der Waals surface area contributed by atoms with Crippen LogP contribution in [0.5, 0.6) is 0 Å². The van der Waals surface area contributed by atoms with Gasteiger partial charge in [0.05, 0.1) is 0 Å². The highest BCUT2D eigenvalue weighted by atomic mass is 31.2. The number of hydrogen-bond acceptors (Lipinski definition) is 3. The molecule has 0 aromatic carbocycles. The van der Waals surface area contributed by atoms with Crippen LogP contribution in [0.4, 0.5) is 0 Å². The maximum Gasteiger partial charge on any atom is 0.327 e. The van der Waals surface area contributed by atoms with E-state index < -0.39 is 13.5 Å². The monoisotopic (exact) mass is 209 g/mol. The zero-order chi connectivity index (χ0) is 10.9. The minimum absolute atomic E-state index is 0.253. The number of primary amides is 1. The van der Waals surface area contributed by atoms with E-state index in [-0.39, 0.29) is 6.16 Å². The molecule has 13 heavy (non-hydrogen) atoms. The highest BCUT2D eigenvalue weighted by Crippen LogP contribution is 2.40. The van der Waals surface area contributed by atoms with Crippen molar-refractivity contribution in [1.82, 2.24) is 0 Å². The minimum atomic E-state index is -3.17. The first-order valence-electron chi connectivity index (χ1n) is 3.69. The van der Waals surface area contributed by atoms with Gasteiger partial charge in [0.1, 0.15) is 0 Å². The van der Waals surface area contributed by atoms with Crippen molar-refractivity contribution in [2.75, 3.05) is 13.3 Å². The van der Waals surface area contributed by atoms with Crippen LogP contribution in [0.25, 0.3) is 0 Å². The van der Waals surface area contributed by atoms with Crippen LogP contribution in [-0.4, -0.2) is 24.1 Å². The van der Waals surface area contributed by atoms with Gasteiger partial charge in [-0.3, -0.25) is 9.36 Å². The number of carbonyl (C=O) groups excluding carboxylic acids is 1. The minimum Gasteiger partial charge on any atom is -0.366 e. The fourth-order valence-corrected chi connectivity index (χ4v) is 1.12. The summed E-state index contributed by atoms with van der Waals surface area (Å²) in [4.78, 5) is 18.1. The smallest absolute Gasteiger partial charge is 0.327 e. The average Bonchev–Trinajstić information content (AvgIpc) is 2.05. The number of amides is 1. The van der Waals surface area contributed by atoms with Gasteiger partial charge in [-0.2, -0.15) is 0 Å². The molecule has 0 rings (SSSR count). The molecular formula is C7H16NO4P. The topological polar surface area (TPSA) is 89.6 Å². The first-order chi connectivity index (χ1) is 5.89. The quantitative estimate of drug-likeness (QED) is 0.531. The summed E-state index contributed by atoms with van der Waals surface area (Å²) in [6.45, 7) is 4.92. The van der Waals surface area contributed by atoms with Crippen LogP contribution in [0.15, 0.2) is 12.7 Å². The van der Waals surface area contributed by atoms with Gasteiger partial charge in [-0.25, -0.2) is 0 Å². The van der Waals surface area contributed by atoms with Gasteiger partial charge < -0.3 is 15.2 Å². The lowest BCUT2D eigenvalue weighted by molar-refractivity contribution is -0.113. The van der Waals surface area contributed by atoms with E-state index in [2.05, 4.69) is 16.8 Å². The third-order valence-electron chi connectivity index (χ3n) is 0.993. The van der Waals surface area contributed by atoms with Gasteiger partial charge in [0.2, 0.25) is 5.91 Å². The Kier molecular flexibility index (Phi) is 9.12. The lowest BCUT2D eigenvalue weighted by Crippen LogP contribution is -2.04. The first kappa shape index (κ1) is 14.9. The second-order valence-corrected chi connectivity index (χ2v) is 4.24. The summed E-state index contributed by atoms with van der Waals surface area (Å²) in [5.41, 5.74) is 4.53. The molecule has 3 N–H and O–H groups in total. The van der Waals surface area contributed by atoms with Crippen molar-refractivity contribution in [3.63, 3.8) is 0 Å². The molecule has 0 saturated heterocycles. The predicted molar refractivity (Wildman–Crippen MR) is 51.4 cm³/mol. The van der Waals surface area contributed by atoms with Gasteiger partial charge in [-0.15, -0.1) is 0 Å². The second kappa shape index (κ2) is 7.98. The van der Waals surface area contributed by atoms with Crippen molar-refractivity contribution in [3.8, 4) is 0 Å². The lowest BCUT2D eigenvalue weighted by Gasteiger charge is -2.04. The lowest BCUT2D eigenvalue weighted by atomic mass is 10.6. The maximum atomic E-state index is 10.5. The Bertz CT molecular complexity index is 205. The average molecular weight is 209 g/mol. The summed E-state index contributed by atoms with van der Waals surface area (Å²) in [5, 5.41) is 0. The molecule has 0 aliphatic carbocycles. The van der Waals surface area contributed by atoms with Crippen molar-refractivity contribution < 1.29 is 18.8 Å². The Morgan fingerprint density at radius 3 is 2.23 bits per heavy atom. The van der Waals surface area contributed by atoms with Gasteiger partial charge in [0.25, 0.3) is 0 Å². The zero-order valence-electron chi connectivity index (χ0n) is 7.90. The summed E-state index contributed by atoms with van der Waals surface area (Å²) >= 11 is 0. The van der Waals surface area contributed by atoms with E-state index in [0.29, 0.717) is 6.42 Å². The van der Waals surface area contributed by atoms with Crippen molar-refractivity contribution in [2.45, 2.75) is 13.3 Å². The van der Waals surface area contributed by atoms with Crippen LogP contribution < -0.4 is 5.73 Å². The fourth-order valence-electron chi connectivity index (χ4n) is 0.374. The normalized spacial score (nSPS) is 13.5. The van der Waals surface area contributed by atoms with E-state index in [1.165, 1.54) is 7.11 Å². The highest BCUT2D eigenvalue weighted by molar-refractivity contribution is 7.52. The number of carbonyl (C=O) groups is 1. The SMILES string of the molecule is C=CC(N)=O.CCCP(=O)(O)OC. The van der Waals surface area contributed by atoms with Gasteiger partial charge in [-0.05, 0) is 12.5 Å². The number of rotatable bonds is 4. The summed E-state index contributed by atoms with van der Waals surface area (Å²) in [7, 11) is -1.93. The molecule has 0 aromatic rings. The molecule has 0 bridgehead atoms. The second-order valence-electron chi connectivity index (χ2n) is 2.15. The molecular weight excluding hydrogens is 193 g/mol. The molecule has 0 heterocycles. The summed E-state index contributed by atoms with van der Waals surface area (Å²) in [6, 6.07) is 0. The molecule has 0 aromatic heterocycles. The van der Waals surface area contributed by atoms with E-state index in [1.54, 1.807) is 0 Å². The molecule has 1 unspecified atom stereocenters. The third kappa shape index (κ3) is 14.2. The Hall–Kier alpha value is -0.640. The molecule has 0 fully saturated rings. The van der Waals surface area contributed by atoms with E-state index in [1.807, 2.05) is 6.92 Å². The van der Waals surface area contributed by atoms with Crippen molar-refractivity contribution in [1.29, 1.82) is 0 Å². The van der Waals surface area contributed by atoms with Gasteiger partial charge in [0, 0.05) is 13.3 Å². The fraction of sp³-hybridized carbons (Fsp3) is 0.571. The van der Waals surface area contributed by atoms with Crippen LogP contribution in [0.2, 0.25) is 0 Å². The standard InChI is InChI=1S/C4H11O3P.C3H5NO/c1-3-4-8(5,6)7-2;1-2-3(4)5/h3-4H2,1-2H3,(H,5,6);2H,1H2,(H2,4,5). The van der Waals surface area contributed by atoms with Gasteiger partial charge in [-0.1, -0.05) is 13.5 Å². The molecule has 1 amide bonds. The van der Waals surface area contributed by atoms with Crippen molar-refractivity contribution in [3.05, 3.63) is 12.7 Å². The predicted octanol–water partition coefficient (Wildman–Crippen LogP) is 0.886. The van der Waals surface area contributed by atoms with E-state index in [0.717, 1.165) is 6.08 Å². The molecule has 0 radical (unpaired) electrons. The van der Waals surface area contributed by atoms with Crippen molar-refractivity contribution in [2.24, 2.45) is 5.73 Å². The molecule has 1 atom stereocenters. The van der Waals surface area contributed by atoms with Gasteiger partial charge in [0.15, 0.2) is 0 Å². The highest BCUT2D eigenvalue weighted by Gasteiger charge is 2.13. The molecule has 5 nitrogen and oxygen atoms in total. The van der Waals surface area contributed by atoms with Crippen LogP contribution in [0.1, 0.15) is 13.3 Å². The molecule has 78 valence electrons. The number of hydrogen-bond donors (Lipinski definition) is 2. The van der Waals surface area contributed by atoms with Crippen LogP contribution in [0.3, 0.4) is 0 Å². The summed E-state index contributed by atoms with van der Waals surface area (Å²) < 4.78 is 14.8. The third-order valence-corrected chi connectivity index (χ3v) is 2.58. The van der Waals surface area contributed by atoms with Crippen LogP contribution in [-0.2, 0) is 13.9 Å². The summed E-state index contributed by atoms with van der Waals surface area (Å²) in [6.07, 6.45) is 1.99. The first-order valence-corrected chi connectivity index (χ1v) is 5.45. The van der Waals surface area contributed by atoms with E-state index in [9.17, 15) is 9.36 Å². The maximum absolute atomic E-state index is 10.5. The Labute approximate surface area is 78.1 Å². The largest absolute Gasteiger partial charge is 0.366 e. The molecule has 0 aliphatic heterocycles. The summed E-state index contributed by atoms with van der Waals surface area (Å²) in [5.74, 6) is -0.481. The van der Waals surface area contributed by atoms with Crippen LogP contribution >= 0.6 is 7.60 Å². The Balaban J connectivity index is 0. The number of nitrogens with two attached hydrogens (primary N) is 1. The zero-order valence-corrected chi connectivity index (χ0v) is 8.79.